The van der Waals surface area contributed by atoms with Crippen LogP contribution in [0.1, 0.15) is 59.5 Å². The van der Waals surface area contributed by atoms with Crippen molar-refractivity contribution in [2.24, 2.45) is 0 Å². The zero-order valence-corrected chi connectivity index (χ0v) is 22.6. The number of carbonyl (C=O) groups is 3. The lowest BCUT2D eigenvalue weighted by Crippen LogP contribution is -2.28. The van der Waals surface area contributed by atoms with Crippen LogP contribution in [0, 0.1) is 5.82 Å². The van der Waals surface area contributed by atoms with Crippen LogP contribution < -0.4 is 15.4 Å². The Morgan fingerprint density at radius 3 is 2.17 bits per heavy atom. The van der Waals surface area contributed by atoms with Crippen LogP contribution in [0.2, 0.25) is 5.02 Å². The van der Waals surface area contributed by atoms with Crippen LogP contribution in [0.15, 0.2) is 66.7 Å². The van der Waals surface area contributed by atoms with E-state index in [1.54, 1.807) is 12.1 Å². The molecule has 0 aromatic heterocycles. The summed E-state index contributed by atoms with van der Waals surface area (Å²) in [6.45, 7) is 1.84. The highest BCUT2D eigenvalue weighted by atomic mass is 35.5. The van der Waals surface area contributed by atoms with Crippen LogP contribution >= 0.6 is 11.6 Å². The fourth-order valence-corrected chi connectivity index (χ4v) is 4.51. The quantitative estimate of drug-likeness (QED) is 0.198. The van der Waals surface area contributed by atoms with Gasteiger partial charge in [-0.2, -0.15) is 0 Å². The molecule has 0 radical (unpaired) electrons. The summed E-state index contributed by atoms with van der Waals surface area (Å²) >= 11 is 5.82. The van der Waals surface area contributed by atoms with Crippen molar-refractivity contribution in [3.8, 4) is 5.75 Å². The fourth-order valence-electron chi connectivity index (χ4n) is 4.35. The Kier molecular flexibility index (Phi) is 10.7. The van der Waals surface area contributed by atoms with Crippen molar-refractivity contribution >= 4 is 35.1 Å². The van der Waals surface area contributed by atoms with Crippen molar-refractivity contribution in [3.05, 3.63) is 94.3 Å². The van der Waals surface area contributed by atoms with E-state index in [0.29, 0.717) is 24.0 Å². The molecule has 12 heteroatoms. The first-order chi connectivity index (χ1) is 19.4. The minimum Gasteiger partial charge on any atom is -0.481 e. The number of hydrogen-bond acceptors (Lipinski definition) is 4. The Balaban J connectivity index is 1.96. The molecule has 3 aromatic carbocycles. The van der Waals surface area contributed by atoms with Gasteiger partial charge in [0.05, 0.1) is 18.0 Å². The van der Waals surface area contributed by atoms with Crippen molar-refractivity contribution in [1.82, 2.24) is 5.32 Å². The number of anilines is 1. The minimum absolute atomic E-state index is 0.0497. The summed E-state index contributed by atoms with van der Waals surface area (Å²) in [6.07, 6.45) is -4.04. The summed E-state index contributed by atoms with van der Waals surface area (Å²) in [5.74, 6) is -4.85. The molecule has 3 N–H and O–H groups in total. The second-order valence-electron chi connectivity index (χ2n) is 9.12. The fraction of sp³-hybridized carbons (Fsp3) is 0.276. The Labute approximate surface area is 238 Å². The molecule has 41 heavy (non-hydrogen) atoms. The molecule has 0 fully saturated rings. The van der Waals surface area contributed by atoms with Crippen molar-refractivity contribution in [1.29, 1.82) is 0 Å². The van der Waals surface area contributed by atoms with Crippen molar-refractivity contribution in [2.45, 2.75) is 44.4 Å². The summed E-state index contributed by atoms with van der Waals surface area (Å²) < 4.78 is 56.6. The minimum atomic E-state index is -4.89. The Morgan fingerprint density at radius 1 is 0.976 bits per heavy atom. The molecule has 0 aliphatic heterocycles. The van der Waals surface area contributed by atoms with Crippen molar-refractivity contribution in [2.75, 3.05) is 11.9 Å². The number of halogens is 5. The van der Waals surface area contributed by atoms with E-state index in [2.05, 4.69) is 15.4 Å². The number of rotatable bonds is 12. The molecule has 0 saturated heterocycles. The predicted octanol–water partition coefficient (Wildman–Crippen LogP) is 6.89. The molecule has 3 aromatic rings. The van der Waals surface area contributed by atoms with E-state index in [0.717, 1.165) is 18.2 Å². The number of carboxylic acids is 1. The standard InChI is InChI=1S/C29H27ClF4N2O5/c1-2-3-22(17-4-6-19(7-5-17)27(39)35-15-14-25(37)38)26(18-8-11-21(12-9-18)41-29(32,33)34)28(40)36-24-13-10-20(30)16-23(24)31/h4-13,16,22,26H,2-3,14-15H2,1H3,(H,35,39)(H,36,40)(H,37,38)/t22?,26-/m1/s1. The molecule has 7 nitrogen and oxygen atoms in total. The smallest absolute Gasteiger partial charge is 0.481 e. The molecule has 2 atom stereocenters. The van der Waals surface area contributed by atoms with Crippen molar-refractivity contribution < 1.29 is 41.8 Å². The molecule has 2 amide bonds. The monoisotopic (exact) mass is 594 g/mol. The Hall–Kier alpha value is -4.12. The van der Waals surface area contributed by atoms with Gasteiger partial charge in [-0.15, -0.1) is 13.2 Å². The van der Waals surface area contributed by atoms with Gasteiger partial charge in [-0.1, -0.05) is 49.2 Å². The van der Waals surface area contributed by atoms with Gasteiger partial charge in [0.1, 0.15) is 11.6 Å². The number of nitrogens with one attached hydrogen (secondary N) is 2. The highest BCUT2D eigenvalue weighted by molar-refractivity contribution is 6.30. The first kappa shape index (κ1) is 31.4. The summed E-state index contributed by atoms with van der Waals surface area (Å²) in [5.41, 5.74) is 1.17. The normalized spacial score (nSPS) is 12.7. The van der Waals surface area contributed by atoms with Crippen LogP contribution in [0.4, 0.5) is 23.2 Å². The third-order valence-corrected chi connectivity index (χ3v) is 6.41. The summed E-state index contributed by atoms with van der Waals surface area (Å²) in [4.78, 5) is 36.7. The third-order valence-electron chi connectivity index (χ3n) is 6.17. The van der Waals surface area contributed by atoms with Gasteiger partial charge < -0.3 is 20.5 Å². The Morgan fingerprint density at radius 2 is 1.61 bits per heavy atom. The number of ether oxygens (including phenoxy) is 1. The average Bonchev–Trinajstić information content (AvgIpc) is 2.90. The lowest BCUT2D eigenvalue weighted by atomic mass is 9.78. The molecule has 0 saturated carbocycles. The first-order valence-corrected chi connectivity index (χ1v) is 13.0. The number of alkyl halides is 3. The topological polar surface area (TPSA) is 105 Å². The van der Waals surface area contributed by atoms with Crippen LogP contribution in [0.5, 0.6) is 5.75 Å². The van der Waals surface area contributed by atoms with Crippen LogP contribution in [0.25, 0.3) is 0 Å². The molecule has 1 unspecified atom stereocenters. The van der Waals surface area contributed by atoms with Gasteiger partial charge in [-0.05, 0) is 65.9 Å². The summed E-state index contributed by atoms with van der Waals surface area (Å²) in [6, 6.07) is 15.0. The summed E-state index contributed by atoms with van der Waals surface area (Å²) in [7, 11) is 0. The van der Waals surface area contributed by atoms with E-state index < -0.39 is 47.5 Å². The van der Waals surface area contributed by atoms with Gasteiger partial charge in [-0.25, -0.2) is 4.39 Å². The molecular weight excluding hydrogens is 568 g/mol. The molecule has 0 aliphatic rings. The van der Waals surface area contributed by atoms with Gasteiger partial charge in [0.15, 0.2) is 0 Å². The number of amides is 2. The molecule has 218 valence electrons. The molecule has 0 aliphatic carbocycles. The van der Waals surface area contributed by atoms with Crippen LogP contribution in [0.3, 0.4) is 0 Å². The lowest BCUT2D eigenvalue weighted by molar-refractivity contribution is -0.274. The lowest BCUT2D eigenvalue weighted by Gasteiger charge is -2.28. The second kappa shape index (κ2) is 14.0. The highest BCUT2D eigenvalue weighted by Gasteiger charge is 2.33. The van der Waals surface area contributed by atoms with Gasteiger partial charge >= 0.3 is 12.3 Å². The van der Waals surface area contributed by atoms with E-state index >= 15 is 0 Å². The first-order valence-electron chi connectivity index (χ1n) is 12.6. The van der Waals surface area contributed by atoms with Crippen LogP contribution in [-0.4, -0.2) is 35.8 Å². The van der Waals surface area contributed by atoms with E-state index in [-0.39, 0.29) is 29.2 Å². The summed E-state index contributed by atoms with van der Waals surface area (Å²) in [5, 5.41) is 14.0. The SMILES string of the molecule is CCCC(c1ccc(C(=O)NCCC(=O)O)cc1)[C@H](C(=O)Nc1ccc(Cl)cc1F)c1ccc(OC(F)(F)F)cc1. The number of carbonyl (C=O) groups excluding carboxylic acids is 2. The highest BCUT2D eigenvalue weighted by Crippen LogP contribution is 2.39. The van der Waals surface area contributed by atoms with Gasteiger partial charge in [-0.3, -0.25) is 14.4 Å². The molecular formula is C29H27ClF4N2O5. The zero-order valence-electron chi connectivity index (χ0n) is 21.8. The van der Waals surface area contributed by atoms with Gasteiger partial charge in [0.2, 0.25) is 5.91 Å². The second-order valence-corrected chi connectivity index (χ2v) is 9.56. The number of carboxylic acid groups (broad SMARTS) is 1. The molecule has 0 bridgehead atoms. The third kappa shape index (κ3) is 9.21. The maximum atomic E-state index is 14.5. The Bertz CT molecular complexity index is 1370. The predicted molar refractivity (Wildman–Crippen MR) is 145 cm³/mol. The van der Waals surface area contributed by atoms with Gasteiger partial charge in [0, 0.05) is 17.1 Å². The van der Waals surface area contributed by atoms with Crippen molar-refractivity contribution in [3.63, 3.8) is 0 Å². The number of benzene rings is 3. The zero-order chi connectivity index (χ0) is 30.2. The number of hydrogen-bond donors (Lipinski definition) is 3. The van der Waals surface area contributed by atoms with E-state index in [4.69, 9.17) is 16.7 Å². The van der Waals surface area contributed by atoms with E-state index in [1.807, 2.05) is 6.92 Å². The largest absolute Gasteiger partial charge is 0.573 e. The maximum Gasteiger partial charge on any atom is 0.573 e. The molecule has 0 heterocycles. The van der Waals surface area contributed by atoms with E-state index in [1.165, 1.54) is 36.4 Å². The van der Waals surface area contributed by atoms with Crippen LogP contribution in [-0.2, 0) is 9.59 Å². The average molecular weight is 595 g/mol. The maximum absolute atomic E-state index is 14.5. The molecule has 3 rings (SSSR count). The number of aliphatic carboxylic acids is 1. The molecule has 0 spiro atoms. The van der Waals surface area contributed by atoms with E-state index in [9.17, 15) is 31.9 Å². The van der Waals surface area contributed by atoms with Gasteiger partial charge in [0.25, 0.3) is 5.91 Å².